The van der Waals surface area contributed by atoms with E-state index in [1.54, 1.807) is 24.4 Å². The average molecular weight is 276 g/mol. The lowest BCUT2D eigenvalue weighted by molar-refractivity contribution is 0.356. The summed E-state index contributed by atoms with van der Waals surface area (Å²) in [6.45, 7) is 0. The third-order valence-corrected chi connectivity index (χ3v) is 2.81. The number of rotatable bonds is 2. The zero-order valence-corrected chi connectivity index (χ0v) is 10.5. The van der Waals surface area contributed by atoms with Crippen molar-refractivity contribution in [3.05, 3.63) is 64.3 Å². The average Bonchev–Trinajstić information content (AvgIpc) is 2.40. The predicted molar refractivity (Wildman–Crippen MR) is 72.1 cm³/mol. The Hall–Kier alpha value is -2.40. The van der Waals surface area contributed by atoms with E-state index in [-0.39, 0.29) is 0 Å². The molecule has 1 N–H and O–H groups in total. The minimum atomic E-state index is 0.449. The summed E-state index contributed by atoms with van der Waals surface area (Å²) in [5, 5.41) is 12.9. The van der Waals surface area contributed by atoms with Crippen LogP contribution in [0.1, 0.15) is 0 Å². The molecule has 2 aromatic carbocycles. The third kappa shape index (κ3) is 2.41. The Morgan fingerprint density at radius 2 is 1.89 bits per heavy atom. The van der Waals surface area contributed by atoms with Crippen LogP contribution in [-0.2, 0) is 0 Å². The maximum absolute atomic E-state index is 11.7. The molecule has 0 aromatic heterocycles. The Bertz CT molecular complexity index is 718. The van der Waals surface area contributed by atoms with Crippen molar-refractivity contribution in [3.8, 4) is 11.5 Å². The van der Waals surface area contributed by atoms with E-state index in [4.69, 9.17) is 16.5 Å². The van der Waals surface area contributed by atoms with E-state index in [1.165, 1.54) is 0 Å². The first-order valence-electron chi connectivity index (χ1n) is 5.63. The molecule has 0 amide bonds. The van der Waals surface area contributed by atoms with Crippen LogP contribution in [0.15, 0.2) is 48.5 Å². The van der Waals surface area contributed by atoms with E-state index in [0.29, 0.717) is 26.9 Å². The Kier molecular flexibility index (Phi) is 2.89. The standard InChI is InChI=1S/C13H10ClN3O2/c14-16-9-10-6-7-12(8-13(10)17(18)15-16)19-11-4-2-1-3-5-11/h1-9,15H. The highest BCUT2D eigenvalue weighted by Gasteiger charge is 2.10. The lowest BCUT2D eigenvalue weighted by Crippen LogP contribution is -2.52. The van der Waals surface area contributed by atoms with Crippen molar-refractivity contribution in [2.75, 3.05) is 0 Å². The van der Waals surface area contributed by atoms with Crippen molar-refractivity contribution in [2.45, 2.75) is 0 Å². The molecule has 0 spiro atoms. The van der Waals surface area contributed by atoms with Crippen molar-refractivity contribution in [2.24, 2.45) is 0 Å². The van der Waals surface area contributed by atoms with Crippen LogP contribution < -0.4 is 25.7 Å². The van der Waals surface area contributed by atoms with Crippen LogP contribution in [0.25, 0.3) is 6.20 Å². The lowest BCUT2D eigenvalue weighted by atomic mass is 10.2. The van der Waals surface area contributed by atoms with Gasteiger partial charge in [-0.3, -0.25) is 0 Å². The second-order valence-corrected chi connectivity index (χ2v) is 4.33. The first-order valence-corrected chi connectivity index (χ1v) is 5.96. The third-order valence-electron chi connectivity index (χ3n) is 2.64. The molecule has 3 rings (SSSR count). The molecular weight excluding hydrogens is 266 g/mol. The van der Waals surface area contributed by atoms with Crippen LogP contribution in [0, 0.1) is 5.21 Å². The van der Waals surface area contributed by atoms with Crippen molar-refractivity contribution in [1.29, 1.82) is 0 Å². The summed E-state index contributed by atoms with van der Waals surface area (Å²) in [4.78, 5) is 0.584. The molecule has 6 heteroatoms. The second-order valence-electron chi connectivity index (χ2n) is 3.97. The zero-order valence-electron chi connectivity index (χ0n) is 9.79. The number of fused-ring (bicyclic) bond motifs is 1. The molecule has 0 fully saturated rings. The van der Waals surface area contributed by atoms with Gasteiger partial charge in [0, 0.05) is 11.8 Å². The molecule has 0 bridgehead atoms. The fourth-order valence-corrected chi connectivity index (χ4v) is 1.96. The summed E-state index contributed by atoms with van der Waals surface area (Å²) in [5.74, 6) is 1.30. The first kappa shape index (κ1) is 11.7. The molecule has 1 heterocycles. The smallest absolute Gasteiger partial charge is 0.256 e. The van der Waals surface area contributed by atoms with Gasteiger partial charge >= 0.3 is 0 Å². The van der Waals surface area contributed by atoms with Crippen molar-refractivity contribution < 1.29 is 4.74 Å². The minimum Gasteiger partial charge on any atom is -0.594 e. The number of ether oxygens (including phenoxy) is 1. The molecule has 0 atom stereocenters. The number of para-hydroxylation sites is 1. The fourth-order valence-electron chi connectivity index (χ4n) is 1.79. The molecule has 0 unspecified atom stereocenters. The molecular formula is C13H10ClN3O2. The van der Waals surface area contributed by atoms with Gasteiger partial charge in [0.15, 0.2) is 0 Å². The molecule has 0 saturated carbocycles. The predicted octanol–water partition coefficient (Wildman–Crippen LogP) is 1.09. The molecule has 0 saturated heterocycles. The van der Waals surface area contributed by atoms with E-state index >= 15 is 0 Å². The molecule has 0 radical (unpaired) electrons. The normalized spacial score (nSPS) is 13.3. The van der Waals surface area contributed by atoms with E-state index in [1.807, 2.05) is 30.3 Å². The maximum atomic E-state index is 11.7. The second kappa shape index (κ2) is 4.70. The summed E-state index contributed by atoms with van der Waals surface area (Å²) in [6.07, 6.45) is 1.61. The molecule has 0 aliphatic carbocycles. The summed E-state index contributed by atoms with van der Waals surface area (Å²) in [7, 11) is 0. The van der Waals surface area contributed by atoms with Gasteiger partial charge in [-0.15, -0.1) is 0 Å². The molecule has 1 aliphatic heterocycles. The van der Waals surface area contributed by atoms with Crippen LogP contribution in [0.5, 0.6) is 11.5 Å². The molecule has 1 aliphatic rings. The Morgan fingerprint density at radius 3 is 2.68 bits per heavy atom. The van der Waals surface area contributed by atoms with Crippen LogP contribution in [-0.4, -0.2) is 4.53 Å². The highest BCUT2D eigenvalue weighted by Crippen LogP contribution is 2.18. The quantitative estimate of drug-likeness (QED) is 0.506. The van der Waals surface area contributed by atoms with E-state index in [9.17, 15) is 5.21 Å². The van der Waals surface area contributed by atoms with E-state index < -0.39 is 0 Å². The van der Waals surface area contributed by atoms with Crippen LogP contribution in [0.4, 0.5) is 0 Å². The molecule has 2 aromatic rings. The fraction of sp³-hybridized carbons (Fsp3) is 0. The Balaban J connectivity index is 2.01. The first-order chi connectivity index (χ1) is 9.22. The number of hydrogen-bond acceptors (Lipinski definition) is 4. The number of hydrogen-bond donors (Lipinski definition) is 1. The van der Waals surface area contributed by atoms with Gasteiger partial charge in [0.05, 0.1) is 17.5 Å². The Labute approximate surface area is 114 Å². The summed E-state index contributed by atoms with van der Waals surface area (Å²) < 4.78 is 6.74. The largest absolute Gasteiger partial charge is 0.594 e. The number of hydrazine groups is 2. The van der Waals surface area contributed by atoms with Gasteiger partial charge < -0.3 is 9.94 Å². The minimum absolute atomic E-state index is 0.449. The number of nitrogens with zero attached hydrogens (tertiary/aromatic N) is 2. The number of benzene rings is 2. The topological polar surface area (TPSA) is 50.6 Å². The van der Waals surface area contributed by atoms with E-state index in [2.05, 4.69) is 5.53 Å². The zero-order chi connectivity index (χ0) is 13.2. The van der Waals surface area contributed by atoms with Crippen LogP contribution in [0.3, 0.4) is 0 Å². The monoisotopic (exact) mass is 275 g/mol. The van der Waals surface area contributed by atoms with Gasteiger partial charge in [-0.2, -0.15) is 4.53 Å². The highest BCUT2D eigenvalue weighted by atomic mass is 35.5. The number of nitrogens with one attached hydrogen (secondary N) is 1. The maximum Gasteiger partial charge on any atom is 0.256 e. The van der Waals surface area contributed by atoms with Gasteiger partial charge in [0.1, 0.15) is 11.5 Å². The van der Waals surface area contributed by atoms with Gasteiger partial charge in [0.25, 0.3) is 5.36 Å². The van der Waals surface area contributed by atoms with Gasteiger partial charge in [-0.1, -0.05) is 28.6 Å². The van der Waals surface area contributed by atoms with Crippen LogP contribution in [0.2, 0.25) is 0 Å². The van der Waals surface area contributed by atoms with Crippen molar-refractivity contribution in [3.63, 3.8) is 0 Å². The summed E-state index contributed by atoms with van der Waals surface area (Å²) in [6, 6.07) is 14.6. The molecule has 19 heavy (non-hydrogen) atoms. The summed E-state index contributed by atoms with van der Waals surface area (Å²) >= 11 is 5.70. The van der Waals surface area contributed by atoms with E-state index in [0.717, 1.165) is 4.53 Å². The van der Waals surface area contributed by atoms with Crippen LogP contribution >= 0.6 is 11.8 Å². The molecule has 96 valence electrons. The number of halogens is 1. The summed E-state index contributed by atoms with van der Waals surface area (Å²) in [5.41, 5.74) is 2.39. The Morgan fingerprint density at radius 1 is 1.11 bits per heavy atom. The SMILES string of the molecule is [O-][N+]1=c2cc(Oc3ccccc3)ccc2=CN(Cl)N1. The highest BCUT2D eigenvalue weighted by molar-refractivity contribution is 6.15. The van der Waals surface area contributed by atoms with Gasteiger partial charge in [-0.25, -0.2) is 0 Å². The van der Waals surface area contributed by atoms with Gasteiger partial charge in [-0.05, 0) is 24.3 Å². The lowest BCUT2D eigenvalue weighted by Gasteiger charge is -2.15. The van der Waals surface area contributed by atoms with Crippen molar-refractivity contribution >= 4 is 18.0 Å². The van der Waals surface area contributed by atoms with Gasteiger partial charge in [0.2, 0.25) is 0 Å². The molecule has 5 nitrogen and oxygen atoms in total. The van der Waals surface area contributed by atoms with Crippen molar-refractivity contribution in [1.82, 2.24) is 14.9 Å².